The number of aromatic nitrogens is 2. The quantitative estimate of drug-likeness (QED) is 0.377. The third-order valence-corrected chi connectivity index (χ3v) is 3.03. The Kier molecular flexibility index (Phi) is 5.75. The molecule has 0 amide bonds. The number of alkyl halides is 3. The number of hydrogen-bond acceptors (Lipinski definition) is 5. The molecule has 0 radical (unpaired) electrons. The van der Waals surface area contributed by atoms with Crippen LogP contribution in [0.4, 0.5) is 13.2 Å². The Bertz CT molecular complexity index is 495. The lowest BCUT2D eigenvalue weighted by molar-refractivity contribution is -0.168. The highest BCUT2D eigenvalue weighted by atomic mass is 32.2. The number of aromatic carboxylic acids is 1. The molecule has 20 heavy (non-hydrogen) atoms. The van der Waals surface area contributed by atoms with Crippen LogP contribution in [0.2, 0.25) is 0 Å². The number of hydrogen-bond donors (Lipinski definition) is 1. The Morgan fingerprint density at radius 3 is 2.55 bits per heavy atom. The van der Waals surface area contributed by atoms with Crippen molar-refractivity contribution in [3.63, 3.8) is 0 Å². The van der Waals surface area contributed by atoms with Crippen molar-refractivity contribution in [3.8, 4) is 0 Å². The van der Waals surface area contributed by atoms with Crippen LogP contribution in [0.5, 0.6) is 0 Å². The molecule has 0 fully saturated rings. The van der Waals surface area contributed by atoms with Crippen LogP contribution in [0.15, 0.2) is 5.03 Å². The van der Waals surface area contributed by atoms with Crippen LogP contribution in [-0.4, -0.2) is 39.8 Å². The number of carboxylic acids is 1. The molecule has 9 heteroatoms. The molecule has 112 valence electrons. The lowest BCUT2D eigenvalue weighted by Gasteiger charge is -2.10. The van der Waals surface area contributed by atoms with Gasteiger partial charge in [-0.3, -0.25) is 0 Å². The van der Waals surface area contributed by atoms with Gasteiger partial charge in [-0.15, -0.1) is 0 Å². The number of aryl methyl sites for hydroxylation is 2. The second-order valence-electron chi connectivity index (χ2n) is 3.79. The minimum atomic E-state index is -4.41. The van der Waals surface area contributed by atoms with E-state index < -0.39 is 18.8 Å². The molecule has 5 nitrogen and oxygen atoms in total. The standard InChI is InChI=1S/C11H13F3N2O3S/c1-3-7-15-6(2)8(10(17)18)9(16-7)20-5-19-4-11(12,13)14/h3-5H2,1-2H3,(H,17,18). The normalized spacial score (nSPS) is 11.7. The van der Waals surface area contributed by atoms with Crippen LogP contribution < -0.4 is 0 Å². The molecule has 0 unspecified atom stereocenters. The largest absolute Gasteiger partial charge is 0.478 e. The summed E-state index contributed by atoms with van der Waals surface area (Å²) in [5.41, 5.74) is 0.172. The molecule has 1 N–H and O–H groups in total. The SMILES string of the molecule is CCc1nc(C)c(C(=O)O)c(SCOCC(F)(F)F)n1. The van der Waals surface area contributed by atoms with Gasteiger partial charge in [0.05, 0.1) is 11.6 Å². The summed E-state index contributed by atoms with van der Waals surface area (Å²) in [6.45, 7) is 1.93. The van der Waals surface area contributed by atoms with E-state index in [-0.39, 0.29) is 22.2 Å². The number of ether oxygens (including phenoxy) is 1. The van der Waals surface area contributed by atoms with Gasteiger partial charge in [-0.1, -0.05) is 18.7 Å². The Labute approximate surface area is 117 Å². The predicted octanol–water partition coefficient (Wildman–Crippen LogP) is 2.67. The molecular formula is C11H13F3N2O3S. The van der Waals surface area contributed by atoms with E-state index in [1.807, 2.05) is 0 Å². The highest BCUT2D eigenvalue weighted by molar-refractivity contribution is 7.99. The van der Waals surface area contributed by atoms with Gasteiger partial charge in [-0.05, 0) is 6.92 Å². The van der Waals surface area contributed by atoms with Crippen LogP contribution in [0.25, 0.3) is 0 Å². The van der Waals surface area contributed by atoms with Gasteiger partial charge in [-0.25, -0.2) is 14.8 Å². The van der Waals surface area contributed by atoms with E-state index in [0.29, 0.717) is 12.2 Å². The van der Waals surface area contributed by atoms with Gasteiger partial charge in [-0.2, -0.15) is 13.2 Å². The van der Waals surface area contributed by atoms with E-state index in [2.05, 4.69) is 14.7 Å². The smallest absolute Gasteiger partial charge is 0.411 e. The van der Waals surface area contributed by atoms with Crippen LogP contribution in [0, 0.1) is 6.92 Å². The van der Waals surface area contributed by atoms with Crippen molar-refractivity contribution in [1.29, 1.82) is 0 Å². The summed E-state index contributed by atoms with van der Waals surface area (Å²) in [4.78, 5) is 19.2. The summed E-state index contributed by atoms with van der Waals surface area (Å²) in [6, 6.07) is 0. The maximum absolute atomic E-state index is 11.9. The molecule has 1 heterocycles. The van der Waals surface area contributed by atoms with E-state index >= 15 is 0 Å². The van der Waals surface area contributed by atoms with Crippen molar-refractivity contribution in [3.05, 3.63) is 17.1 Å². The molecule has 0 atom stereocenters. The minimum absolute atomic E-state index is 0.109. The Hall–Kier alpha value is -1.35. The molecular weight excluding hydrogens is 297 g/mol. The molecule has 0 aromatic carbocycles. The van der Waals surface area contributed by atoms with Crippen molar-refractivity contribution < 1.29 is 27.8 Å². The Balaban J connectivity index is 2.82. The van der Waals surface area contributed by atoms with Gasteiger partial charge in [0.1, 0.15) is 23.0 Å². The lowest BCUT2D eigenvalue weighted by atomic mass is 10.2. The second-order valence-corrected chi connectivity index (χ2v) is 4.70. The predicted molar refractivity (Wildman–Crippen MR) is 65.8 cm³/mol. The highest BCUT2D eigenvalue weighted by Gasteiger charge is 2.27. The molecule has 0 aliphatic rings. The van der Waals surface area contributed by atoms with Crippen molar-refractivity contribution in [2.75, 3.05) is 12.5 Å². The topological polar surface area (TPSA) is 72.3 Å². The summed E-state index contributed by atoms with van der Waals surface area (Å²) in [5, 5.41) is 9.20. The zero-order chi connectivity index (χ0) is 15.3. The van der Waals surface area contributed by atoms with E-state index in [1.54, 1.807) is 6.92 Å². The van der Waals surface area contributed by atoms with Gasteiger partial charge < -0.3 is 9.84 Å². The number of halogens is 3. The molecule has 0 saturated heterocycles. The zero-order valence-corrected chi connectivity index (χ0v) is 11.6. The van der Waals surface area contributed by atoms with Crippen LogP contribution in [0.3, 0.4) is 0 Å². The average molecular weight is 310 g/mol. The average Bonchev–Trinajstić information content (AvgIpc) is 2.32. The lowest BCUT2D eigenvalue weighted by Crippen LogP contribution is -2.17. The summed E-state index contributed by atoms with van der Waals surface area (Å²) in [7, 11) is 0. The zero-order valence-electron chi connectivity index (χ0n) is 10.8. The molecule has 1 aromatic heterocycles. The maximum Gasteiger partial charge on any atom is 0.411 e. The van der Waals surface area contributed by atoms with E-state index in [4.69, 9.17) is 5.11 Å². The van der Waals surface area contributed by atoms with Crippen molar-refractivity contribution in [2.24, 2.45) is 0 Å². The molecule has 0 saturated carbocycles. The third-order valence-electron chi connectivity index (χ3n) is 2.18. The van der Waals surface area contributed by atoms with E-state index in [9.17, 15) is 18.0 Å². The first kappa shape index (κ1) is 16.7. The fraction of sp³-hybridized carbons (Fsp3) is 0.545. The first-order chi connectivity index (χ1) is 9.24. The van der Waals surface area contributed by atoms with Gasteiger partial charge in [0.25, 0.3) is 0 Å². The first-order valence-electron chi connectivity index (χ1n) is 5.62. The van der Waals surface area contributed by atoms with Gasteiger partial charge in [0, 0.05) is 6.42 Å². The van der Waals surface area contributed by atoms with Crippen LogP contribution in [-0.2, 0) is 11.2 Å². The van der Waals surface area contributed by atoms with Crippen LogP contribution >= 0.6 is 11.8 Å². The molecule has 0 bridgehead atoms. The second kappa shape index (κ2) is 6.89. The third kappa shape index (κ3) is 4.97. The Morgan fingerprint density at radius 2 is 2.05 bits per heavy atom. The highest BCUT2D eigenvalue weighted by Crippen LogP contribution is 2.24. The number of thioether (sulfide) groups is 1. The number of carboxylic acid groups (broad SMARTS) is 1. The number of rotatable bonds is 6. The first-order valence-corrected chi connectivity index (χ1v) is 6.61. The molecule has 0 spiro atoms. The monoisotopic (exact) mass is 310 g/mol. The summed E-state index contributed by atoms with van der Waals surface area (Å²) < 4.78 is 40.2. The van der Waals surface area contributed by atoms with Gasteiger partial charge >= 0.3 is 12.1 Å². The van der Waals surface area contributed by atoms with Gasteiger partial charge in [0.2, 0.25) is 0 Å². The molecule has 1 aromatic rings. The van der Waals surface area contributed by atoms with Crippen LogP contribution in [0.1, 0.15) is 28.8 Å². The number of carbonyl (C=O) groups is 1. The molecule has 0 aliphatic heterocycles. The fourth-order valence-electron chi connectivity index (χ4n) is 1.37. The summed E-state index contributed by atoms with van der Waals surface area (Å²) in [6.07, 6.45) is -3.91. The van der Waals surface area contributed by atoms with Crippen molar-refractivity contribution in [2.45, 2.75) is 31.5 Å². The molecule has 1 rings (SSSR count). The molecule has 0 aliphatic carbocycles. The maximum atomic E-state index is 11.9. The number of nitrogens with zero attached hydrogens (tertiary/aromatic N) is 2. The summed E-state index contributed by atoms with van der Waals surface area (Å²) in [5.74, 6) is -1.12. The fourth-order valence-corrected chi connectivity index (χ4v) is 2.19. The van der Waals surface area contributed by atoms with Crippen molar-refractivity contribution >= 4 is 17.7 Å². The summed E-state index contributed by atoms with van der Waals surface area (Å²) >= 11 is 0.806. The van der Waals surface area contributed by atoms with E-state index in [1.165, 1.54) is 6.92 Å². The Morgan fingerprint density at radius 1 is 1.40 bits per heavy atom. The minimum Gasteiger partial charge on any atom is -0.478 e. The van der Waals surface area contributed by atoms with E-state index in [0.717, 1.165) is 11.8 Å². The van der Waals surface area contributed by atoms with Crippen molar-refractivity contribution in [1.82, 2.24) is 9.97 Å². The van der Waals surface area contributed by atoms with Gasteiger partial charge in [0.15, 0.2) is 0 Å².